The average Bonchev–Trinajstić information content (AvgIpc) is 3.11. The smallest absolute Gasteiger partial charge is 0.282 e. The molecule has 0 spiro atoms. The van der Waals surface area contributed by atoms with Crippen molar-refractivity contribution >= 4 is 52.2 Å². The normalized spacial score (nSPS) is 10.2. The molecule has 0 fully saturated rings. The molecule has 3 N–H and O–H groups in total. The fourth-order valence-corrected chi connectivity index (χ4v) is 2.50. The van der Waals surface area contributed by atoms with E-state index in [2.05, 4.69) is 16.2 Å². The van der Waals surface area contributed by atoms with Crippen molar-refractivity contribution in [2.45, 2.75) is 0 Å². The Morgan fingerprint density at radius 3 is 2.60 bits per heavy atom. The van der Waals surface area contributed by atoms with Crippen LogP contribution in [0.25, 0.3) is 6.08 Å². The monoisotopic (exact) mass is 376 g/mol. The van der Waals surface area contributed by atoms with Gasteiger partial charge in [-0.15, -0.1) is 11.3 Å². The molecule has 0 aliphatic carbocycles. The van der Waals surface area contributed by atoms with E-state index in [0.717, 1.165) is 4.88 Å². The maximum Gasteiger partial charge on any atom is 0.282 e. The largest absolute Gasteiger partial charge is 0.298 e. The van der Waals surface area contributed by atoms with Gasteiger partial charge in [-0.2, -0.15) is 0 Å². The molecule has 0 saturated heterocycles. The van der Waals surface area contributed by atoms with Crippen LogP contribution in [-0.4, -0.2) is 21.9 Å². The van der Waals surface area contributed by atoms with Crippen LogP contribution in [0.5, 0.6) is 0 Å². The Morgan fingerprint density at radius 1 is 1.16 bits per heavy atom. The first-order chi connectivity index (χ1) is 12.0. The minimum Gasteiger partial charge on any atom is -0.298 e. The van der Waals surface area contributed by atoms with Crippen LogP contribution in [0.15, 0.2) is 47.9 Å². The number of rotatable bonds is 4. The average molecular weight is 376 g/mol. The van der Waals surface area contributed by atoms with Crippen LogP contribution < -0.4 is 16.2 Å². The standard InChI is InChI=1S/C15H12N4O4S2/c20-13(8-7-10-4-3-9-25-10)16-15(24)18-17-14(21)11-5-1-2-6-12(11)19(22)23/h1-9H,(H,17,21)(H2,16,18,20,24)/b8-7+. The SMILES string of the molecule is O=C(/C=C/c1cccs1)NC(=S)NNC(=O)c1ccccc1[N+](=O)[O-]. The fourth-order valence-electron chi connectivity index (χ4n) is 1.73. The summed E-state index contributed by atoms with van der Waals surface area (Å²) < 4.78 is 0. The van der Waals surface area contributed by atoms with E-state index in [0.29, 0.717) is 0 Å². The first-order valence-corrected chi connectivity index (χ1v) is 8.12. The Labute approximate surface area is 151 Å². The third kappa shape index (κ3) is 5.48. The highest BCUT2D eigenvalue weighted by Gasteiger charge is 2.19. The summed E-state index contributed by atoms with van der Waals surface area (Å²) in [6, 6.07) is 9.17. The second-order valence-corrected chi connectivity index (χ2v) is 5.91. The zero-order chi connectivity index (χ0) is 18.2. The number of nitrogens with one attached hydrogen (secondary N) is 3. The third-order valence-electron chi connectivity index (χ3n) is 2.81. The number of nitrogens with zero attached hydrogens (tertiary/aromatic N) is 1. The molecule has 0 radical (unpaired) electrons. The van der Waals surface area contributed by atoms with Gasteiger partial charge in [0.05, 0.1) is 4.92 Å². The summed E-state index contributed by atoms with van der Waals surface area (Å²) in [6.45, 7) is 0. The highest BCUT2D eigenvalue weighted by atomic mass is 32.1. The maximum absolute atomic E-state index is 12.0. The van der Waals surface area contributed by atoms with Crippen LogP contribution in [0.1, 0.15) is 15.2 Å². The van der Waals surface area contributed by atoms with Gasteiger partial charge in [0.2, 0.25) is 5.91 Å². The molecule has 0 unspecified atom stereocenters. The van der Waals surface area contributed by atoms with E-state index in [4.69, 9.17) is 12.2 Å². The lowest BCUT2D eigenvalue weighted by Gasteiger charge is -2.09. The lowest BCUT2D eigenvalue weighted by molar-refractivity contribution is -0.385. The maximum atomic E-state index is 12.0. The van der Waals surface area contributed by atoms with Crippen molar-refractivity contribution in [2.75, 3.05) is 0 Å². The molecule has 0 aliphatic rings. The summed E-state index contributed by atoms with van der Waals surface area (Å²) >= 11 is 6.35. The molecule has 128 valence electrons. The summed E-state index contributed by atoms with van der Waals surface area (Å²) in [5, 5.41) is 15.0. The summed E-state index contributed by atoms with van der Waals surface area (Å²) in [6.07, 6.45) is 2.91. The van der Waals surface area contributed by atoms with Gasteiger partial charge in [0, 0.05) is 17.0 Å². The number of amides is 2. The van der Waals surface area contributed by atoms with Crippen LogP contribution >= 0.6 is 23.6 Å². The lowest BCUT2D eigenvalue weighted by atomic mass is 10.2. The zero-order valence-corrected chi connectivity index (χ0v) is 14.2. The molecule has 0 saturated carbocycles. The number of nitro groups is 1. The molecular weight excluding hydrogens is 364 g/mol. The molecule has 8 nitrogen and oxygen atoms in total. The van der Waals surface area contributed by atoms with E-state index >= 15 is 0 Å². The van der Waals surface area contributed by atoms with Gasteiger partial charge in [-0.05, 0) is 35.8 Å². The fraction of sp³-hybridized carbons (Fsp3) is 0. The Balaban J connectivity index is 1.86. The van der Waals surface area contributed by atoms with E-state index in [1.54, 1.807) is 6.08 Å². The minimum absolute atomic E-state index is 0.133. The highest BCUT2D eigenvalue weighted by molar-refractivity contribution is 7.80. The molecule has 1 aromatic heterocycles. The predicted molar refractivity (Wildman–Crippen MR) is 97.8 cm³/mol. The number of hydrogen-bond acceptors (Lipinski definition) is 6. The Hall–Kier alpha value is -3.11. The highest BCUT2D eigenvalue weighted by Crippen LogP contribution is 2.16. The number of benzene rings is 1. The van der Waals surface area contributed by atoms with E-state index in [1.807, 2.05) is 17.5 Å². The van der Waals surface area contributed by atoms with E-state index in [-0.39, 0.29) is 16.4 Å². The molecule has 0 atom stereocenters. The Bertz CT molecular complexity index is 834. The summed E-state index contributed by atoms with van der Waals surface area (Å²) in [5.74, 6) is -1.23. The van der Waals surface area contributed by atoms with Crippen LogP contribution in [0, 0.1) is 10.1 Å². The first kappa shape index (κ1) is 18.2. The number of hydrogen-bond donors (Lipinski definition) is 3. The molecule has 2 rings (SSSR count). The molecule has 0 bridgehead atoms. The van der Waals surface area contributed by atoms with Crippen molar-refractivity contribution in [3.05, 3.63) is 68.4 Å². The number of hydrazine groups is 1. The van der Waals surface area contributed by atoms with Gasteiger partial charge < -0.3 is 0 Å². The lowest BCUT2D eigenvalue weighted by Crippen LogP contribution is -2.48. The first-order valence-electron chi connectivity index (χ1n) is 6.83. The van der Waals surface area contributed by atoms with Crippen molar-refractivity contribution < 1.29 is 14.5 Å². The summed E-state index contributed by atoms with van der Waals surface area (Å²) in [4.78, 5) is 34.8. The number of thiocarbonyl (C=S) groups is 1. The quantitative estimate of drug-likeness (QED) is 0.326. The van der Waals surface area contributed by atoms with Crippen LogP contribution in [0.2, 0.25) is 0 Å². The van der Waals surface area contributed by atoms with Crippen molar-refractivity contribution in [2.24, 2.45) is 0 Å². The molecule has 25 heavy (non-hydrogen) atoms. The van der Waals surface area contributed by atoms with E-state index in [9.17, 15) is 19.7 Å². The second kappa shape index (κ2) is 8.66. The molecule has 10 heteroatoms. The van der Waals surface area contributed by atoms with Gasteiger partial charge in [-0.1, -0.05) is 18.2 Å². The van der Waals surface area contributed by atoms with E-state index in [1.165, 1.54) is 41.7 Å². The van der Waals surface area contributed by atoms with Crippen molar-refractivity contribution in [1.82, 2.24) is 16.2 Å². The van der Waals surface area contributed by atoms with Gasteiger partial charge in [-0.3, -0.25) is 35.9 Å². The molecule has 1 aromatic carbocycles. The number of para-hydroxylation sites is 1. The van der Waals surface area contributed by atoms with Crippen LogP contribution in [0.3, 0.4) is 0 Å². The second-order valence-electron chi connectivity index (χ2n) is 4.52. The van der Waals surface area contributed by atoms with Gasteiger partial charge in [0.25, 0.3) is 11.6 Å². The third-order valence-corrected chi connectivity index (χ3v) is 3.86. The van der Waals surface area contributed by atoms with Gasteiger partial charge in [0.1, 0.15) is 5.56 Å². The zero-order valence-electron chi connectivity index (χ0n) is 12.6. The number of carbonyl (C=O) groups excluding carboxylic acids is 2. The number of thiophene rings is 1. The molecule has 2 amide bonds. The number of carbonyl (C=O) groups is 2. The molecule has 1 heterocycles. The van der Waals surface area contributed by atoms with E-state index < -0.39 is 16.7 Å². The van der Waals surface area contributed by atoms with Gasteiger partial charge in [0.15, 0.2) is 5.11 Å². The summed E-state index contributed by atoms with van der Waals surface area (Å²) in [7, 11) is 0. The molecular formula is C15H12N4O4S2. The predicted octanol–water partition coefficient (Wildman–Crippen LogP) is 2.01. The Morgan fingerprint density at radius 2 is 1.92 bits per heavy atom. The molecule has 2 aromatic rings. The Kier molecular flexibility index (Phi) is 6.32. The van der Waals surface area contributed by atoms with Gasteiger partial charge >= 0.3 is 0 Å². The van der Waals surface area contributed by atoms with Crippen LogP contribution in [0.4, 0.5) is 5.69 Å². The topological polar surface area (TPSA) is 113 Å². The minimum atomic E-state index is -0.752. The molecule has 0 aliphatic heterocycles. The van der Waals surface area contributed by atoms with Crippen molar-refractivity contribution in [3.63, 3.8) is 0 Å². The van der Waals surface area contributed by atoms with Crippen molar-refractivity contribution in [1.29, 1.82) is 0 Å². The van der Waals surface area contributed by atoms with Crippen LogP contribution in [-0.2, 0) is 4.79 Å². The number of nitro benzene ring substituents is 1. The van der Waals surface area contributed by atoms with Crippen molar-refractivity contribution in [3.8, 4) is 0 Å². The van der Waals surface area contributed by atoms with Gasteiger partial charge in [-0.25, -0.2) is 0 Å². The summed E-state index contributed by atoms with van der Waals surface area (Å²) in [5.41, 5.74) is 4.04.